The molecule has 0 aliphatic heterocycles. The van der Waals surface area contributed by atoms with Crippen LogP contribution in [0.1, 0.15) is 6.92 Å². The van der Waals surface area contributed by atoms with Gasteiger partial charge in [0, 0.05) is 6.54 Å². The second-order valence-electron chi connectivity index (χ2n) is 1.79. The van der Waals surface area contributed by atoms with Crippen molar-refractivity contribution >= 4 is 27.4 Å². The second kappa shape index (κ2) is 5.37. The number of hydrogen-bond acceptors (Lipinski definition) is 4. The Morgan fingerprint density at radius 3 is 2.73 bits per heavy atom. The Balaban J connectivity index is 3.83. The summed E-state index contributed by atoms with van der Waals surface area (Å²) in [7, 11) is -3.13. The molecule has 0 fully saturated rings. The average molecular weight is 194 g/mol. The molecule has 6 heteroatoms. The van der Waals surface area contributed by atoms with Crippen LogP contribution >= 0.6 is 12.2 Å². The van der Waals surface area contributed by atoms with E-state index in [1.807, 2.05) is 0 Å². The van der Waals surface area contributed by atoms with E-state index in [9.17, 15) is 8.42 Å². The number of sulfonamides is 1. The van der Waals surface area contributed by atoms with Gasteiger partial charge in [0.05, 0.1) is 17.5 Å². The van der Waals surface area contributed by atoms with Crippen molar-refractivity contribution in [2.24, 2.45) is 4.99 Å². The van der Waals surface area contributed by atoms with E-state index in [-0.39, 0.29) is 12.3 Å². The third kappa shape index (κ3) is 6.12. The molecule has 0 radical (unpaired) electrons. The molecule has 0 aromatic rings. The molecule has 64 valence electrons. The first-order valence-corrected chi connectivity index (χ1v) is 5.19. The third-order valence-electron chi connectivity index (χ3n) is 0.901. The van der Waals surface area contributed by atoms with E-state index in [2.05, 4.69) is 27.1 Å². The van der Waals surface area contributed by atoms with Gasteiger partial charge in [-0.3, -0.25) is 0 Å². The molecule has 0 spiro atoms. The number of isothiocyanates is 1. The maximum atomic E-state index is 10.9. The van der Waals surface area contributed by atoms with Crippen LogP contribution in [0.5, 0.6) is 0 Å². The molecule has 0 amide bonds. The fourth-order valence-corrected chi connectivity index (χ4v) is 1.51. The van der Waals surface area contributed by atoms with E-state index >= 15 is 0 Å². The summed E-state index contributed by atoms with van der Waals surface area (Å²) >= 11 is 4.27. The van der Waals surface area contributed by atoms with Crippen LogP contribution in [0.4, 0.5) is 0 Å². The molecule has 0 aliphatic rings. The quantitative estimate of drug-likeness (QED) is 0.496. The highest BCUT2D eigenvalue weighted by Crippen LogP contribution is 1.82. The lowest BCUT2D eigenvalue weighted by Gasteiger charge is -1.99. The molecule has 0 saturated carbocycles. The Kier molecular flexibility index (Phi) is 5.23. The molecular formula is C5H10N2O2S2. The molecule has 0 atom stereocenters. The van der Waals surface area contributed by atoms with Crippen LogP contribution in [0.25, 0.3) is 0 Å². The maximum absolute atomic E-state index is 10.9. The van der Waals surface area contributed by atoms with Gasteiger partial charge in [0.2, 0.25) is 10.0 Å². The number of hydrogen-bond donors (Lipinski definition) is 1. The molecular weight excluding hydrogens is 184 g/mol. The summed E-state index contributed by atoms with van der Waals surface area (Å²) in [5, 5.41) is 2.10. The van der Waals surface area contributed by atoms with E-state index < -0.39 is 10.0 Å². The van der Waals surface area contributed by atoms with Crippen LogP contribution in [-0.2, 0) is 10.0 Å². The molecule has 0 saturated heterocycles. The highest BCUT2D eigenvalue weighted by molar-refractivity contribution is 7.89. The minimum atomic E-state index is -3.13. The normalized spacial score (nSPS) is 10.6. The predicted octanol–water partition coefficient (Wildman–Crippen LogP) is 0.0285. The van der Waals surface area contributed by atoms with Crippen LogP contribution in [0.15, 0.2) is 4.99 Å². The van der Waals surface area contributed by atoms with E-state index in [1.165, 1.54) is 0 Å². The summed E-state index contributed by atoms with van der Waals surface area (Å²) in [6.07, 6.45) is 0. The zero-order valence-corrected chi connectivity index (χ0v) is 7.83. The number of aliphatic imine (C=N–C) groups is 1. The Labute approximate surface area is 71.8 Å². The van der Waals surface area contributed by atoms with Gasteiger partial charge in [0.25, 0.3) is 0 Å². The fraction of sp³-hybridized carbons (Fsp3) is 0.800. The van der Waals surface area contributed by atoms with Gasteiger partial charge in [0.1, 0.15) is 0 Å². The van der Waals surface area contributed by atoms with Crippen molar-refractivity contribution in [1.29, 1.82) is 0 Å². The summed E-state index contributed by atoms with van der Waals surface area (Å²) in [6, 6.07) is 0. The van der Waals surface area contributed by atoms with E-state index in [0.717, 1.165) is 0 Å². The SMILES string of the molecule is CCNS(=O)(=O)CCN=C=S. The lowest BCUT2D eigenvalue weighted by Crippen LogP contribution is -2.27. The number of nitrogens with one attached hydrogen (secondary N) is 1. The summed E-state index contributed by atoms with van der Waals surface area (Å²) in [4.78, 5) is 3.48. The van der Waals surface area contributed by atoms with Crippen molar-refractivity contribution in [1.82, 2.24) is 4.72 Å². The molecule has 0 rings (SSSR count). The first kappa shape index (κ1) is 10.7. The molecule has 11 heavy (non-hydrogen) atoms. The summed E-state index contributed by atoms with van der Waals surface area (Å²) in [5.74, 6) is -0.0233. The van der Waals surface area contributed by atoms with Crippen molar-refractivity contribution in [2.75, 3.05) is 18.8 Å². The van der Waals surface area contributed by atoms with Gasteiger partial charge in [-0.1, -0.05) is 6.92 Å². The highest BCUT2D eigenvalue weighted by atomic mass is 32.2. The summed E-state index contributed by atoms with van der Waals surface area (Å²) in [6.45, 7) is 2.31. The molecule has 1 N–H and O–H groups in total. The zero-order valence-electron chi connectivity index (χ0n) is 6.20. The third-order valence-corrected chi connectivity index (χ3v) is 2.48. The van der Waals surface area contributed by atoms with Gasteiger partial charge in [0.15, 0.2) is 0 Å². The van der Waals surface area contributed by atoms with Crippen LogP contribution in [0.3, 0.4) is 0 Å². The fourth-order valence-electron chi connectivity index (χ4n) is 0.504. The van der Waals surface area contributed by atoms with Crippen LogP contribution in [0, 0.1) is 0 Å². The molecule has 0 aromatic heterocycles. The zero-order chi connectivity index (χ0) is 8.74. The Bertz CT molecular complexity index is 241. The Morgan fingerprint density at radius 1 is 1.64 bits per heavy atom. The van der Waals surface area contributed by atoms with Gasteiger partial charge in [-0.05, 0) is 12.2 Å². The average Bonchev–Trinajstić information content (AvgIpc) is 1.87. The lowest BCUT2D eigenvalue weighted by atomic mass is 10.8. The van der Waals surface area contributed by atoms with Crippen molar-refractivity contribution < 1.29 is 8.42 Å². The first-order chi connectivity index (χ1) is 5.12. The molecule has 0 heterocycles. The van der Waals surface area contributed by atoms with Crippen LogP contribution < -0.4 is 4.72 Å². The molecule has 0 bridgehead atoms. The number of thiocarbonyl (C=S) groups is 1. The Hall–Kier alpha value is -0.290. The number of nitrogens with zero attached hydrogens (tertiary/aromatic N) is 1. The van der Waals surface area contributed by atoms with Gasteiger partial charge in [-0.15, -0.1) is 0 Å². The standard InChI is InChI=1S/C5H10N2O2S2/c1-2-7-11(8,9)4-3-6-5-10/h7H,2-4H2,1H3. The highest BCUT2D eigenvalue weighted by Gasteiger charge is 2.05. The maximum Gasteiger partial charge on any atom is 0.213 e. The van der Waals surface area contributed by atoms with Crippen molar-refractivity contribution in [2.45, 2.75) is 6.92 Å². The largest absolute Gasteiger partial charge is 0.231 e. The topological polar surface area (TPSA) is 58.5 Å². The van der Waals surface area contributed by atoms with Gasteiger partial charge in [-0.25, -0.2) is 18.1 Å². The molecule has 0 aliphatic carbocycles. The van der Waals surface area contributed by atoms with E-state index in [4.69, 9.17) is 0 Å². The summed E-state index contributed by atoms with van der Waals surface area (Å²) in [5.41, 5.74) is 0. The molecule has 0 unspecified atom stereocenters. The lowest BCUT2D eigenvalue weighted by molar-refractivity contribution is 0.584. The second-order valence-corrected chi connectivity index (χ2v) is 3.90. The Morgan fingerprint density at radius 2 is 2.27 bits per heavy atom. The smallest absolute Gasteiger partial charge is 0.213 e. The minimum Gasteiger partial charge on any atom is -0.231 e. The van der Waals surface area contributed by atoms with Gasteiger partial charge >= 0.3 is 0 Å². The van der Waals surface area contributed by atoms with E-state index in [0.29, 0.717) is 6.54 Å². The predicted molar refractivity (Wildman–Crippen MR) is 47.4 cm³/mol. The van der Waals surface area contributed by atoms with Crippen molar-refractivity contribution in [3.63, 3.8) is 0 Å². The first-order valence-electron chi connectivity index (χ1n) is 3.13. The monoisotopic (exact) mass is 194 g/mol. The van der Waals surface area contributed by atoms with E-state index in [1.54, 1.807) is 6.92 Å². The van der Waals surface area contributed by atoms with Gasteiger partial charge < -0.3 is 0 Å². The van der Waals surface area contributed by atoms with Crippen molar-refractivity contribution in [3.8, 4) is 0 Å². The molecule has 4 nitrogen and oxygen atoms in total. The van der Waals surface area contributed by atoms with Gasteiger partial charge in [-0.2, -0.15) is 0 Å². The van der Waals surface area contributed by atoms with Crippen LogP contribution in [0.2, 0.25) is 0 Å². The van der Waals surface area contributed by atoms with Crippen LogP contribution in [-0.4, -0.2) is 32.4 Å². The van der Waals surface area contributed by atoms with Crippen molar-refractivity contribution in [3.05, 3.63) is 0 Å². The minimum absolute atomic E-state index is 0.0233. The molecule has 0 aromatic carbocycles. The summed E-state index contributed by atoms with van der Waals surface area (Å²) < 4.78 is 24.1. The number of rotatable bonds is 5.